The first kappa shape index (κ1) is 31.1. The SMILES string of the molecule is CCOc1ccc(N(CC(=O)N(Cc2cccc(C)c2)C(C)C(=O)NC2CCCCC2)S(=O)(=O)c2ccccc2)cc1. The first-order valence-corrected chi connectivity index (χ1v) is 16.1. The van der Waals surface area contributed by atoms with Crippen molar-refractivity contribution >= 4 is 27.5 Å². The van der Waals surface area contributed by atoms with Crippen LogP contribution in [0.3, 0.4) is 0 Å². The van der Waals surface area contributed by atoms with Gasteiger partial charge in [-0.25, -0.2) is 8.42 Å². The highest BCUT2D eigenvalue weighted by Crippen LogP contribution is 2.27. The summed E-state index contributed by atoms with van der Waals surface area (Å²) in [6.45, 7) is 5.71. The second kappa shape index (κ2) is 14.4. The molecule has 3 aromatic carbocycles. The van der Waals surface area contributed by atoms with Crippen molar-refractivity contribution < 1.29 is 22.7 Å². The third-order valence-electron chi connectivity index (χ3n) is 7.60. The van der Waals surface area contributed by atoms with E-state index in [1.54, 1.807) is 49.4 Å². The van der Waals surface area contributed by atoms with Gasteiger partial charge >= 0.3 is 0 Å². The predicted molar refractivity (Wildman–Crippen MR) is 165 cm³/mol. The Labute approximate surface area is 249 Å². The van der Waals surface area contributed by atoms with Crippen LogP contribution in [0.1, 0.15) is 57.1 Å². The average molecular weight is 592 g/mol. The van der Waals surface area contributed by atoms with Crippen LogP contribution in [0.2, 0.25) is 0 Å². The summed E-state index contributed by atoms with van der Waals surface area (Å²) in [7, 11) is -4.11. The maximum atomic E-state index is 14.1. The van der Waals surface area contributed by atoms with E-state index in [-0.39, 0.29) is 23.4 Å². The van der Waals surface area contributed by atoms with Gasteiger partial charge in [-0.2, -0.15) is 0 Å². The van der Waals surface area contributed by atoms with Crippen LogP contribution in [0.25, 0.3) is 0 Å². The average Bonchev–Trinajstić information content (AvgIpc) is 3.00. The summed E-state index contributed by atoms with van der Waals surface area (Å²) in [5.74, 6) is -0.114. The topological polar surface area (TPSA) is 96.0 Å². The Hall–Kier alpha value is -3.85. The number of nitrogens with one attached hydrogen (secondary N) is 1. The van der Waals surface area contributed by atoms with Crippen molar-refractivity contribution in [3.05, 3.63) is 90.0 Å². The third-order valence-corrected chi connectivity index (χ3v) is 9.39. The Bertz CT molecular complexity index is 1440. The number of anilines is 1. The first-order valence-electron chi connectivity index (χ1n) is 14.6. The van der Waals surface area contributed by atoms with Crippen molar-refractivity contribution in [2.75, 3.05) is 17.5 Å². The minimum atomic E-state index is -4.11. The maximum absolute atomic E-state index is 14.1. The van der Waals surface area contributed by atoms with Gasteiger partial charge < -0.3 is 15.0 Å². The Morgan fingerprint density at radius 1 is 0.952 bits per heavy atom. The number of carbonyl (C=O) groups is 2. The van der Waals surface area contributed by atoms with E-state index in [0.717, 1.165) is 47.5 Å². The summed E-state index contributed by atoms with van der Waals surface area (Å²) in [5, 5.41) is 3.13. The normalized spacial score (nSPS) is 14.5. The number of aryl methyl sites for hydroxylation is 1. The predicted octanol–water partition coefficient (Wildman–Crippen LogP) is 5.46. The number of hydrogen-bond acceptors (Lipinski definition) is 5. The Balaban J connectivity index is 1.67. The van der Waals surface area contributed by atoms with Gasteiger partial charge in [0.1, 0.15) is 18.3 Å². The molecule has 1 N–H and O–H groups in total. The first-order chi connectivity index (χ1) is 20.2. The Kier molecular flexibility index (Phi) is 10.6. The lowest BCUT2D eigenvalue weighted by molar-refractivity contribution is -0.139. The van der Waals surface area contributed by atoms with Gasteiger partial charge in [0.15, 0.2) is 0 Å². The van der Waals surface area contributed by atoms with Crippen molar-refractivity contribution in [2.24, 2.45) is 0 Å². The van der Waals surface area contributed by atoms with E-state index in [1.165, 1.54) is 17.0 Å². The molecule has 0 spiro atoms. The molecule has 1 aliphatic rings. The van der Waals surface area contributed by atoms with E-state index in [9.17, 15) is 18.0 Å². The smallest absolute Gasteiger partial charge is 0.264 e. The fourth-order valence-corrected chi connectivity index (χ4v) is 6.72. The number of benzene rings is 3. The zero-order valence-corrected chi connectivity index (χ0v) is 25.5. The molecule has 0 radical (unpaired) electrons. The molecule has 42 heavy (non-hydrogen) atoms. The molecule has 1 unspecified atom stereocenters. The molecule has 9 heteroatoms. The van der Waals surface area contributed by atoms with Crippen LogP contribution in [-0.4, -0.2) is 50.4 Å². The van der Waals surface area contributed by atoms with Gasteiger partial charge in [-0.3, -0.25) is 13.9 Å². The molecule has 1 saturated carbocycles. The maximum Gasteiger partial charge on any atom is 0.264 e. The van der Waals surface area contributed by atoms with Crippen molar-refractivity contribution in [3.63, 3.8) is 0 Å². The van der Waals surface area contributed by atoms with Crippen LogP contribution in [0.15, 0.2) is 83.8 Å². The molecular formula is C33H41N3O5S. The summed E-state index contributed by atoms with van der Waals surface area (Å²) in [4.78, 5) is 29.1. The summed E-state index contributed by atoms with van der Waals surface area (Å²) in [6.07, 6.45) is 5.15. The summed E-state index contributed by atoms with van der Waals surface area (Å²) < 4.78 is 34.5. The summed E-state index contributed by atoms with van der Waals surface area (Å²) in [5.41, 5.74) is 2.21. The number of nitrogens with zero attached hydrogens (tertiary/aromatic N) is 2. The Morgan fingerprint density at radius 3 is 2.29 bits per heavy atom. The second-order valence-electron chi connectivity index (χ2n) is 10.8. The van der Waals surface area contributed by atoms with Crippen LogP contribution in [0.5, 0.6) is 5.75 Å². The molecular weight excluding hydrogens is 550 g/mol. The molecule has 4 rings (SSSR count). The number of carbonyl (C=O) groups excluding carboxylic acids is 2. The number of hydrogen-bond donors (Lipinski definition) is 1. The zero-order valence-electron chi connectivity index (χ0n) is 24.7. The molecule has 1 aliphatic carbocycles. The molecule has 0 heterocycles. The van der Waals surface area contributed by atoms with E-state index in [0.29, 0.717) is 18.0 Å². The van der Waals surface area contributed by atoms with E-state index in [4.69, 9.17) is 4.74 Å². The second-order valence-corrected chi connectivity index (χ2v) is 12.6. The third kappa shape index (κ3) is 7.91. The highest BCUT2D eigenvalue weighted by molar-refractivity contribution is 7.92. The molecule has 2 amide bonds. The fourth-order valence-electron chi connectivity index (χ4n) is 5.28. The van der Waals surface area contributed by atoms with Crippen LogP contribution >= 0.6 is 0 Å². The zero-order chi connectivity index (χ0) is 30.1. The van der Waals surface area contributed by atoms with E-state index < -0.39 is 28.5 Å². The van der Waals surface area contributed by atoms with E-state index in [2.05, 4.69) is 5.32 Å². The van der Waals surface area contributed by atoms with Crippen LogP contribution < -0.4 is 14.4 Å². The van der Waals surface area contributed by atoms with Gasteiger partial charge in [0, 0.05) is 12.6 Å². The standard InChI is InChI=1S/C33H41N3O5S/c1-4-41-30-20-18-29(19-21-30)36(42(39,40)31-16-9-6-10-17-31)24-32(37)35(23-27-13-11-12-25(2)22-27)26(3)33(38)34-28-14-7-5-8-15-28/h6,9-13,16-22,26,28H,4-5,7-8,14-15,23-24H2,1-3H3,(H,34,38). The minimum Gasteiger partial charge on any atom is -0.494 e. The van der Waals surface area contributed by atoms with E-state index >= 15 is 0 Å². The number of rotatable bonds is 12. The minimum absolute atomic E-state index is 0.0695. The number of ether oxygens (including phenoxy) is 1. The lowest BCUT2D eigenvalue weighted by Gasteiger charge is -2.33. The summed E-state index contributed by atoms with van der Waals surface area (Å²) >= 11 is 0. The van der Waals surface area contributed by atoms with Gasteiger partial charge in [-0.15, -0.1) is 0 Å². The molecule has 8 nitrogen and oxygen atoms in total. The molecule has 1 atom stereocenters. The quantitative estimate of drug-likeness (QED) is 0.302. The van der Waals surface area contributed by atoms with Crippen molar-refractivity contribution in [3.8, 4) is 5.75 Å². The highest BCUT2D eigenvalue weighted by Gasteiger charge is 2.33. The number of amides is 2. The Morgan fingerprint density at radius 2 is 1.64 bits per heavy atom. The van der Waals surface area contributed by atoms with Crippen molar-refractivity contribution in [1.82, 2.24) is 10.2 Å². The van der Waals surface area contributed by atoms with Crippen LogP contribution in [-0.2, 0) is 26.2 Å². The highest BCUT2D eigenvalue weighted by atomic mass is 32.2. The van der Waals surface area contributed by atoms with E-state index in [1.807, 2.05) is 38.1 Å². The molecule has 0 aromatic heterocycles. The lowest BCUT2D eigenvalue weighted by atomic mass is 9.95. The van der Waals surface area contributed by atoms with Gasteiger partial charge in [0.05, 0.1) is 17.2 Å². The monoisotopic (exact) mass is 591 g/mol. The van der Waals surface area contributed by atoms with Gasteiger partial charge in [-0.05, 0) is 75.6 Å². The summed E-state index contributed by atoms with van der Waals surface area (Å²) in [6, 6.07) is 21.7. The van der Waals surface area contributed by atoms with Gasteiger partial charge in [-0.1, -0.05) is 67.3 Å². The molecule has 1 fully saturated rings. The van der Waals surface area contributed by atoms with Crippen LogP contribution in [0.4, 0.5) is 5.69 Å². The molecule has 0 aliphatic heterocycles. The van der Waals surface area contributed by atoms with Gasteiger partial charge in [0.25, 0.3) is 10.0 Å². The van der Waals surface area contributed by atoms with Crippen LogP contribution in [0, 0.1) is 6.92 Å². The molecule has 3 aromatic rings. The molecule has 0 saturated heterocycles. The fraction of sp³-hybridized carbons (Fsp3) is 0.394. The van der Waals surface area contributed by atoms with Crippen molar-refractivity contribution in [1.29, 1.82) is 0 Å². The molecule has 0 bridgehead atoms. The molecule has 224 valence electrons. The van der Waals surface area contributed by atoms with Gasteiger partial charge in [0.2, 0.25) is 11.8 Å². The number of sulfonamides is 1. The van der Waals surface area contributed by atoms with Crippen molar-refractivity contribution in [2.45, 2.75) is 76.4 Å². The largest absolute Gasteiger partial charge is 0.494 e. The lowest BCUT2D eigenvalue weighted by Crippen LogP contribution is -2.53.